The van der Waals surface area contributed by atoms with Crippen LogP contribution in [0.4, 0.5) is 0 Å². The van der Waals surface area contributed by atoms with Crippen molar-refractivity contribution in [3.05, 3.63) is 41.7 Å². The third-order valence-electron chi connectivity index (χ3n) is 4.55. The number of thioether (sulfide) groups is 1. The number of amides is 1. The number of hydrogen-bond donors (Lipinski definition) is 1. The van der Waals surface area contributed by atoms with Crippen molar-refractivity contribution < 1.29 is 4.79 Å². The normalized spacial score (nSPS) is 14.0. The van der Waals surface area contributed by atoms with Crippen LogP contribution in [0, 0.1) is 0 Å². The lowest BCUT2D eigenvalue weighted by molar-refractivity contribution is -0.119. The van der Waals surface area contributed by atoms with Crippen LogP contribution in [0.1, 0.15) is 56.8 Å². The second kappa shape index (κ2) is 8.52. The van der Waals surface area contributed by atoms with Crippen molar-refractivity contribution in [2.45, 2.75) is 63.2 Å². The van der Waals surface area contributed by atoms with Crippen molar-refractivity contribution in [3.8, 4) is 0 Å². The molecule has 25 heavy (non-hydrogen) atoms. The summed E-state index contributed by atoms with van der Waals surface area (Å²) in [6, 6.07) is 10.6. The lowest BCUT2D eigenvalue weighted by Gasteiger charge is -2.14. The summed E-state index contributed by atoms with van der Waals surface area (Å²) in [5.74, 6) is 2.05. The molecule has 1 fully saturated rings. The molecule has 134 valence electrons. The van der Waals surface area contributed by atoms with E-state index >= 15 is 0 Å². The minimum atomic E-state index is 0.0703. The van der Waals surface area contributed by atoms with E-state index in [2.05, 4.69) is 46.1 Å². The van der Waals surface area contributed by atoms with E-state index in [0.29, 0.717) is 11.7 Å². The maximum atomic E-state index is 12.2. The van der Waals surface area contributed by atoms with Crippen LogP contribution in [0.3, 0.4) is 0 Å². The molecule has 5 nitrogen and oxygen atoms in total. The predicted octanol–water partition coefficient (Wildman–Crippen LogP) is 3.60. The zero-order chi connectivity index (χ0) is 17.6. The SMILES string of the molecule is CCC(CC)NC(=O)CSc1nnc(C2CC2)n1Cc1ccccc1. The molecule has 1 N–H and O–H groups in total. The number of nitrogens with zero attached hydrogens (tertiary/aromatic N) is 3. The molecule has 1 aliphatic rings. The standard InChI is InChI=1S/C19H26N4OS/c1-3-16(4-2)20-17(24)13-25-19-22-21-18(15-10-11-15)23(19)12-14-8-6-5-7-9-14/h5-9,15-16H,3-4,10-13H2,1-2H3,(H,20,24). The van der Waals surface area contributed by atoms with Crippen molar-refractivity contribution in [3.63, 3.8) is 0 Å². The first kappa shape index (κ1) is 18.0. The van der Waals surface area contributed by atoms with Gasteiger partial charge in [-0.2, -0.15) is 0 Å². The summed E-state index contributed by atoms with van der Waals surface area (Å²) in [5, 5.41) is 12.7. The molecule has 0 radical (unpaired) electrons. The minimum absolute atomic E-state index is 0.0703. The van der Waals surface area contributed by atoms with Crippen molar-refractivity contribution in [2.75, 3.05) is 5.75 Å². The van der Waals surface area contributed by atoms with Gasteiger partial charge in [-0.25, -0.2) is 0 Å². The van der Waals surface area contributed by atoms with Gasteiger partial charge in [0.05, 0.1) is 12.3 Å². The van der Waals surface area contributed by atoms with Gasteiger partial charge in [-0.1, -0.05) is 55.9 Å². The summed E-state index contributed by atoms with van der Waals surface area (Å²) >= 11 is 1.48. The van der Waals surface area contributed by atoms with Gasteiger partial charge in [0.15, 0.2) is 5.16 Å². The van der Waals surface area contributed by atoms with Gasteiger partial charge in [0.2, 0.25) is 5.91 Å². The molecule has 6 heteroatoms. The Labute approximate surface area is 153 Å². The molecular weight excluding hydrogens is 332 g/mol. The molecule has 0 spiro atoms. The second-order valence-electron chi connectivity index (χ2n) is 6.56. The van der Waals surface area contributed by atoms with E-state index in [0.717, 1.165) is 30.4 Å². The molecule has 2 aromatic rings. The van der Waals surface area contributed by atoms with Crippen molar-refractivity contribution >= 4 is 17.7 Å². The number of carbonyl (C=O) groups is 1. The van der Waals surface area contributed by atoms with Crippen LogP contribution in [0.15, 0.2) is 35.5 Å². The minimum Gasteiger partial charge on any atom is -0.353 e. The Hall–Kier alpha value is -1.82. The average molecular weight is 359 g/mol. The van der Waals surface area contributed by atoms with Crippen molar-refractivity contribution in [2.24, 2.45) is 0 Å². The number of aromatic nitrogens is 3. The van der Waals surface area contributed by atoms with Gasteiger partial charge in [0.1, 0.15) is 5.82 Å². The molecular formula is C19H26N4OS. The van der Waals surface area contributed by atoms with Crippen LogP contribution in [0.5, 0.6) is 0 Å². The molecule has 0 bridgehead atoms. The highest BCUT2D eigenvalue weighted by Crippen LogP contribution is 2.40. The molecule has 0 saturated heterocycles. The van der Waals surface area contributed by atoms with Gasteiger partial charge in [-0.05, 0) is 31.2 Å². The summed E-state index contributed by atoms with van der Waals surface area (Å²) in [7, 11) is 0. The van der Waals surface area contributed by atoms with Crippen LogP contribution in [-0.4, -0.2) is 32.5 Å². The quantitative estimate of drug-likeness (QED) is 0.696. The topological polar surface area (TPSA) is 59.8 Å². The molecule has 1 saturated carbocycles. The Balaban J connectivity index is 1.67. The van der Waals surface area contributed by atoms with E-state index in [1.807, 2.05) is 18.2 Å². The fraction of sp³-hybridized carbons (Fsp3) is 0.526. The third-order valence-corrected chi connectivity index (χ3v) is 5.52. The lowest BCUT2D eigenvalue weighted by atomic mass is 10.2. The first-order valence-corrected chi connectivity index (χ1v) is 10.1. The Morgan fingerprint density at radius 3 is 2.60 bits per heavy atom. The summed E-state index contributed by atoms with van der Waals surface area (Å²) in [4.78, 5) is 12.2. The molecule has 1 aromatic carbocycles. The Morgan fingerprint density at radius 2 is 1.96 bits per heavy atom. The van der Waals surface area contributed by atoms with E-state index in [1.165, 1.54) is 30.2 Å². The molecule has 0 unspecified atom stereocenters. The first-order valence-electron chi connectivity index (χ1n) is 9.10. The van der Waals surface area contributed by atoms with E-state index in [-0.39, 0.29) is 11.9 Å². The van der Waals surface area contributed by atoms with Crippen LogP contribution in [0.25, 0.3) is 0 Å². The largest absolute Gasteiger partial charge is 0.353 e. The zero-order valence-electron chi connectivity index (χ0n) is 14.9. The van der Waals surface area contributed by atoms with Gasteiger partial charge in [-0.15, -0.1) is 10.2 Å². The number of hydrogen-bond acceptors (Lipinski definition) is 4. The number of carbonyl (C=O) groups excluding carboxylic acids is 1. The van der Waals surface area contributed by atoms with Crippen LogP contribution < -0.4 is 5.32 Å². The molecule has 1 amide bonds. The van der Waals surface area contributed by atoms with Crippen LogP contribution in [-0.2, 0) is 11.3 Å². The van der Waals surface area contributed by atoms with Gasteiger partial charge in [0.25, 0.3) is 0 Å². The predicted molar refractivity (Wildman–Crippen MR) is 101 cm³/mol. The number of benzene rings is 1. The first-order chi connectivity index (χ1) is 12.2. The van der Waals surface area contributed by atoms with Crippen LogP contribution >= 0.6 is 11.8 Å². The maximum absolute atomic E-state index is 12.2. The number of nitrogens with one attached hydrogen (secondary N) is 1. The monoisotopic (exact) mass is 358 g/mol. The molecule has 0 aliphatic heterocycles. The van der Waals surface area contributed by atoms with E-state index < -0.39 is 0 Å². The van der Waals surface area contributed by atoms with Gasteiger partial charge >= 0.3 is 0 Å². The highest BCUT2D eigenvalue weighted by Gasteiger charge is 2.30. The molecule has 3 rings (SSSR count). The Bertz CT molecular complexity index is 693. The molecule has 1 aromatic heterocycles. The molecule has 0 atom stereocenters. The van der Waals surface area contributed by atoms with E-state index in [4.69, 9.17) is 0 Å². The summed E-state index contributed by atoms with van der Waals surface area (Å²) in [6.45, 7) is 4.95. The van der Waals surface area contributed by atoms with Crippen LogP contribution in [0.2, 0.25) is 0 Å². The maximum Gasteiger partial charge on any atom is 0.230 e. The third kappa shape index (κ3) is 4.84. The second-order valence-corrected chi connectivity index (χ2v) is 7.50. The Morgan fingerprint density at radius 1 is 1.24 bits per heavy atom. The van der Waals surface area contributed by atoms with E-state index in [1.54, 1.807) is 0 Å². The van der Waals surface area contributed by atoms with Gasteiger partial charge < -0.3 is 9.88 Å². The zero-order valence-corrected chi connectivity index (χ0v) is 15.8. The summed E-state index contributed by atoms with van der Waals surface area (Å²) in [6.07, 6.45) is 4.30. The van der Waals surface area contributed by atoms with E-state index in [9.17, 15) is 4.79 Å². The summed E-state index contributed by atoms with van der Waals surface area (Å²) < 4.78 is 2.18. The molecule has 1 aliphatic carbocycles. The highest BCUT2D eigenvalue weighted by molar-refractivity contribution is 7.99. The smallest absolute Gasteiger partial charge is 0.230 e. The van der Waals surface area contributed by atoms with Gasteiger partial charge in [0, 0.05) is 12.0 Å². The van der Waals surface area contributed by atoms with Gasteiger partial charge in [-0.3, -0.25) is 4.79 Å². The fourth-order valence-corrected chi connectivity index (χ4v) is 3.61. The lowest BCUT2D eigenvalue weighted by Crippen LogP contribution is -2.35. The molecule has 1 heterocycles. The fourth-order valence-electron chi connectivity index (χ4n) is 2.86. The average Bonchev–Trinajstić information content (AvgIpc) is 3.41. The Kier molecular flexibility index (Phi) is 6.13. The summed E-state index contributed by atoms with van der Waals surface area (Å²) in [5.41, 5.74) is 1.23. The highest BCUT2D eigenvalue weighted by atomic mass is 32.2. The van der Waals surface area contributed by atoms with Crippen molar-refractivity contribution in [1.29, 1.82) is 0 Å². The van der Waals surface area contributed by atoms with Crippen molar-refractivity contribution in [1.82, 2.24) is 20.1 Å². The number of rotatable bonds is 9.